The molecule has 0 aliphatic rings. The van der Waals surface area contributed by atoms with E-state index in [1.165, 1.54) is 6.07 Å². The second kappa shape index (κ2) is 10.2. The van der Waals surface area contributed by atoms with Gasteiger partial charge in [0.25, 0.3) is 11.9 Å². The van der Waals surface area contributed by atoms with E-state index in [-0.39, 0.29) is 12.5 Å². The quantitative estimate of drug-likeness (QED) is 0.274. The largest absolute Gasteiger partial charge is 0.433 e. The number of aromatic nitrogens is 7. The molecule has 0 saturated heterocycles. The zero-order chi connectivity index (χ0) is 26.9. The van der Waals surface area contributed by atoms with Crippen molar-refractivity contribution >= 4 is 35.1 Å². The van der Waals surface area contributed by atoms with Gasteiger partial charge in [-0.25, -0.2) is 0 Å². The molecule has 0 aliphatic heterocycles. The van der Waals surface area contributed by atoms with E-state index < -0.39 is 17.8 Å². The summed E-state index contributed by atoms with van der Waals surface area (Å²) in [5.74, 6) is -0.382. The van der Waals surface area contributed by atoms with E-state index in [2.05, 4.69) is 36.0 Å². The number of hydrogen-bond donors (Lipinski definition) is 2. The Morgan fingerprint density at radius 1 is 0.974 bits per heavy atom. The van der Waals surface area contributed by atoms with Crippen LogP contribution >= 0.6 is 23.2 Å². The molecule has 0 bridgehead atoms. The Kier molecular flexibility index (Phi) is 6.83. The highest BCUT2D eigenvalue weighted by atomic mass is 35.5. The predicted molar refractivity (Wildman–Crippen MR) is 134 cm³/mol. The third kappa shape index (κ3) is 5.66. The topological polar surface area (TPSA) is 114 Å². The first-order chi connectivity index (χ1) is 18.2. The van der Waals surface area contributed by atoms with Crippen molar-refractivity contribution in [2.24, 2.45) is 0 Å². The van der Waals surface area contributed by atoms with Crippen LogP contribution in [0.4, 0.5) is 19.1 Å². The number of rotatable bonds is 6. The molecule has 2 N–H and O–H groups in total. The Morgan fingerprint density at radius 2 is 1.71 bits per heavy atom. The number of pyridine rings is 1. The van der Waals surface area contributed by atoms with Crippen LogP contribution in [0.25, 0.3) is 22.5 Å². The molecule has 38 heavy (non-hydrogen) atoms. The van der Waals surface area contributed by atoms with E-state index in [0.29, 0.717) is 38.1 Å². The zero-order valence-corrected chi connectivity index (χ0v) is 20.6. The summed E-state index contributed by atoms with van der Waals surface area (Å²) in [6.45, 7) is 0.247. The van der Waals surface area contributed by atoms with Gasteiger partial charge in [0, 0.05) is 32.9 Å². The molecule has 2 aromatic carbocycles. The number of nitrogens with zero attached hydrogens (tertiary/aromatic N) is 6. The van der Waals surface area contributed by atoms with Crippen LogP contribution in [0.2, 0.25) is 10.0 Å². The number of carbonyl (C=O) groups excluding carboxylic acids is 1. The van der Waals surface area contributed by atoms with Crippen LogP contribution in [0.1, 0.15) is 21.6 Å². The Labute approximate surface area is 222 Å². The number of tetrazole rings is 1. The van der Waals surface area contributed by atoms with Gasteiger partial charge < -0.3 is 0 Å². The predicted octanol–water partition coefficient (Wildman–Crippen LogP) is 5.75. The summed E-state index contributed by atoms with van der Waals surface area (Å²) in [4.78, 5) is 16.0. The Morgan fingerprint density at radius 3 is 2.32 bits per heavy atom. The first-order valence-corrected chi connectivity index (χ1v) is 11.6. The van der Waals surface area contributed by atoms with E-state index >= 15 is 0 Å². The van der Waals surface area contributed by atoms with Gasteiger partial charge >= 0.3 is 6.18 Å². The molecule has 5 aromatic rings. The van der Waals surface area contributed by atoms with Crippen molar-refractivity contribution in [3.63, 3.8) is 0 Å². The number of alkyl halides is 3. The smallest absolute Gasteiger partial charge is 0.288 e. The van der Waals surface area contributed by atoms with Crippen molar-refractivity contribution in [3.05, 3.63) is 93.7 Å². The number of H-pyrrole nitrogens is 1. The standard InChI is InChI=1S/C24H15Cl2F3N8O/c25-17-7-16(8-18(26)9-17)19-10-20(15-5-6-21(30-11-15)24(27,28)29)37(34-19)12-13-1-3-14(4-2-13)22(38)31-23-32-35-36-33-23/h1-11H,12H2,(H2,31,32,33,35,36,38). The van der Waals surface area contributed by atoms with Crippen LogP contribution in [0.5, 0.6) is 0 Å². The summed E-state index contributed by atoms with van der Waals surface area (Å²) in [7, 11) is 0. The first kappa shape index (κ1) is 25.4. The average molecular weight is 559 g/mol. The van der Waals surface area contributed by atoms with Crippen LogP contribution in [0.15, 0.2) is 66.9 Å². The molecule has 0 unspecified atom stereocenters. The Hall–Kier alpha value is -4.29. The molecule has 14 heteroatoms. The molecule has 3 heterocycles. The molecule has 0 saturated carbocycles. The van der Waals surface area contributed by atoms with Gasteiger partial charge in [-0.15, -0.1) is 5.10 Å². The molecule has 0 aliphatic carbocycles. The lowest BCUT2D eigenvalue weighted by molar-refractivity contribution is -0.141. The summed E-state index contributed by atoms with van der Waals surface area (Å²) in [6, 6.07) is 15.6. The number of amides is 1. The maximum Gasteiger partial charge on any atom is 0.433 e. The molecule has 0 fully saturated rings. The molecule has 5 rings (SSSR count). The lowest BCUT2D eigenvalue weighted by Crippen LogP contribution is -2.13. The van der Waals surface area contributed by atoms with Crippen molar-refractivity contribution < 1.29 is 18.0 Å². The molecule has 3 aromatic heterocycles. The Balaban J connectivity index is 1.47. The van der Waals surface area contributed by atoms with Gasteiger partial charge in [0.05, 0.1) is 17.9 Å². The number of nitrogens with one attached hydrogen (secondary N) is 2. The van der Waals surface area contributed by atoms with E-state index in [9.17, 15) is 18.0 Å². The number of benzene rings is 2. The number of anilines is 1. The third-order valence-electron chi connectivity index (χ3n) is 5.41. The maximum absolute atomic E-state index is 13.0. The lowest BCUT2D eigenvalue weighted by atomic mass is 10.1. The van der Waals surface area contributed by atoms with Gasteiger partial charge in [0.2, 0.25) is 0 Å². The minimum absolute atomic E-state index is 0.0408. The fourth-order valence-corrected chi connectivity index (χ4v) is 4.17. The number of halogens is 5. The monoisotopic (exact) mass is 558 g/mol. The van der Waals surface area contributed by atoms with Crippen LogP contribution in [0, 0.1) is 0 Å². The van der Waals surface area contributed by atoms with E-state index in [4.69, 9.17) is 23.2 Å². The molecular weight excluding hydrogens is 544 g/mol. The van der Waals surface area contributed by atoms with Gasteiger partial charge in [-0.3, -0.25) is 19.8 Å². The third-order valence-corrected chi connectivity index (χ3v) is 5.84. The van der Waals surface area contributed by atoms with Crippen LogP contribution in [-0.4, -0.2) is 41.3 Å². The van der Waals surface area contributed by atoms with Crippen molar-refractivity contribution in [1.82, 2.24) is 35.4 Å². The number of aromatic amines is 1. The minimum Gasteiger partial charge on any atom is -0.288 e. The molecule has 0 spiro atoms. The normalized spacial score (nSPS) is 11.5. The molecule has 0 atom stereocenters. The molecule has 1 amide bonds. The molecule has 0 radical (unpaired) electrons. The highest BCUT2D eigenvalue weighted by Crippen LogP contribution is 2.32. The van der Waals surface area contributed by atoms with E-state index in [0.717, 1.165) is 17.8 Å². The summed E-state index contributed by atoms with van der Waals surface area (Å²) >= 11 is 12.3. The average Bonchev–Trinajstić information content (AvgIpc) is 3.54. The second-order valence-electron chi connectivity index (χ2n) is 8.05. The Bertz CT molecular complexity index is 1560. The molecule has 192 valence electrons. The summed E-state index contributed by atoms with van der Waals surface area (Å²) in [5.41, 5.74) is 2.25. The van der Waals surface area contributed by atoms with Gasteiger partial charge in [-0.1, -0.05) is 40.4 Å². The van der Waals surface area contributed by atoms with Crippen LogP contribution in [-0.2, 0) is 12.7 Å². The minimum atomic E-state index is -4.56. The zero-order valence-electron chi connectivity index (χ0n) is 19.0. The van der Waals surface area contributed by atoms with Gasteiger partial charge in [-0.2, -0.15) is 23.5 Å². The van der Waals surface area contributed by atoms with Gasteiger partial charge in [0.15, 0.2) is 0 Å². The van der Waals surface area contributed by atoms with E-state index in [1.807, 2.05) is 0 Å². The summed E-state index contributed by atoms with van der Waals surface area (Å²) < 4.78 is 40.7. The maximum atomic E-state index is 13.0. The number of carbonyl (C=O) groups is 1. The van der Waals surface area contributed by atoms with Crippen molar-refractivity contribution in [2.75, 3.05) is 5.32 Å². The molecule has 9 nitrogen and oxygen atoms in total. The summed E-state index contributed by atoms with van der Waals surface area (Å²) in [5, 5.41) is 21.0. The van der Waals surface area contributed by atoms with Crippen molar-refractivity contribution in [3.8, 4) is 22.5 Å². The molecular formula is C24H15Cl2F3N8O. The van der Waals surface area contributed by atoms with Crippen molar-refractivity contribution in [1.29, 1.82) is 0 Å². The highest BCUT2D eigenvalue weighted by Gasteiger charge is 2.32. The highest BCUT2D eigenvalue weighted by molar-refractivity contribution is 6.35. The fraction of sp³-hybridized carbons (Fsp3) is 0.0833. The van der Waals surface area contributed by atoms with Crippen LogP contribution < -0.4 is 5.32 Å². The SMILES string of the molecule is O=C(Nc1nn[nH]n1)c1ccc(Cn2nc(-c3cc(Cl)cc(Cl)c3)cc2-c2ccc(C(F)(F)F)nc2)cc1. The van der Waals surface area contributed by atoms with Gasteiger partial charge in [0.1, 0.15) is 5.69 Å². The van der Waals surface area contributed by atoms with Crippen molar-refractivity contribution in [2.45, 2.75) is 12.7 Å². The first-order valence-electron chi connectivity index (χ1n) is 10.9. The number of hydrogen-bond acceptors (Lipinski definition) is 6. The fourth-order valence-electron chi connectivity index (χ4n) is 3.65. The second-order valence-corrected chi connectivity index (χ2v) is 8.92. The van der Waals surface area contributed by atoms with Crippen LogP contribution in [0.3, 0.4) is 0 Å². The summed E-state index contributed by atoms with van der Waals surface area (Å²) in [6.07, 6.45) is -3.41. The lowest BCUT2D eigenvalue weighted by Gasteiger charge is -2.10. The van der Waals surface area contributed by atoms with Gasteiger partial charge in [-0.05, 0) is 59.3 Å². The van der Waals surface area contributed by atoms with E-state index in [1.54, 1.807) is 53.2 Å².